The highest BCUT2D eigenvalue weighted by Crippen LogP contribution is 2.30. The molecule has 8 heteroatoms. The fourth-order valence-corrected chi connectivity index (χ4v) is 6.21. The molecule has 0 spiro atoms. The van der Waals surface area contributed by atoms with E-state index in [4.69, 9.17) is 4.74 Å². The largest absolute Gasteiger partial charge is 0.480 e. The molecule has 4 rings (SSSR count). The second-order valence-electron chi connectivity index (χ2n) is 6.51. The number of piperazine rings is 1. The highest BCUT2D eigenvalue weighted by atomic mass is 32.2. The Bertz CT molecular complexity index is 905. The van der Waals surface area contributed by atoms with Gasteiger partial charge in [-0.05, 0) is 30.7 Å². The molecule has 0 saturated carbocycles. The number of thiophene rings is 1. The molecular weight excluding hydrogens is 372 g/mol. The molecule has 1 fully saturated rings. The van der Waals surface area contributed by atoms with Crippen LogP contribution in [0.1, 0.15) is 10.4 Å². The van der Waals surface area contributed by atoms with Gasteiger partial charge in [0.25, 0.3) is 15.9 Å². The van der Waals surface area contributed by atoms with Crippen molar-refractivity contribution in [1.82, 2.24) is 9.21 Å². The number of aryl methyl sites for hydroxylation is 1. The molecule has 2 aliphatic heterocycles. The van der Waals surface area contributed by atoms with Gasteiger partial charge in [0, 0.05) is 37.5 Å². The van der Waals surface area contributed by atoms with Crippen molar-refractivity contribution < 1.29 is 17.9 Å². The van der Waals surface area contributed by atoms with E-state index in [9.17, 15) is 13.2 Å². The lowest BCUT2D eigenvalue weighted by Crippen LogP contribution is -2.53. The molecule has 1 atom stereocenters. The molecule has 0 N–H and O–H groups in total. The molecule has 138 valence electrons. The summed E-state index contributed by atoms with van der Waals surface area (Å²) in [4.78, 5) is 15.4. The van der Waals surface area contributed by atoms with Gasteiger partial charge in [0.05, 0.1) is 0 Å². The summed E-state index contributed by atoms with van der Waals surface area (Å²) in [5.41, 5.74) is 1.04. The van der Waals surface area contributed by atoms with Crippen LogP contribution >= 0.6 is 11.3 Å². The number of ether oxygens (including phenoxy) is 1. The third-order valence-corrected chi connectivity index (χ3v) is 8.15. The Morgan fingerprint density at radius 2 is 1.85 bits per heavy atom. The molecule has 1 aromatic heterocycles. The predicted octanol–water partition coefficient (Wildman–Crippen LogP) is 1.89. The number of carbonyl (C=O) groups is 1. The first-order valence-corrected chi connectivity index (χ1v) is 10.8. The monoisotopic (exact) mass is 392 g/mol. The van der Waals surface area contributed by atoms with Crippen LogP contribution in [-0.4, -0.2) is 55.8 Å². The van der Waals surface area contributed by atoms with Crippen LogP contribution in [0, 0.1) is 6.92 Å². The van der Waals surface area contributed by atoms with Crippen molar-refractivity contribution >= 4 is 27.3 Å². The summed E-state index contributed by atoms with van der Waals surface area (Å²) in [6.07, 6.45) is 0.0673. The maximum atomic E-state index is 12.7. The Labute approximate surface area is 157 Å². The van der Waals surface area contributed by atoms with Crippen LogP contribution in [0.3, 0.4) is 0 Å². The molecule has 0 bridgehead atoms. The zero-order chi connectivity index (χ0) is 18.3. The molecule has 1 amide bonds. The van der Waals surface area contributed by atoms with Crippen molar-refractivity contribution in [3.63, 3.8) is 0 Å². The SMILES string of the molecule is Cc1ccc(S(=O)(=O)N2CCN(C(=O)C3Cc4ccccc4O3)CC2)s1. The third-order valence-electron chi connectivity index (χ3n) is 4.78. The first kappa shape index (κ1) is 17.5. The molecule has 1 saturated heterocycles. The van der Waals surface area contributed by atoms with Crippen molar-refractivity contribution in [2.45, 2.75) is 23.7 Å². The smallest absolute Gasteiger partial charge is 0.264 e. The van der Waals surface area contributed by atoms with Crippen LogP contribution in [-0.2, 0) is 21.2 Å². The number of carbonyl (C=O) groups excluding carboxylic acids is 1. The average Bonchev–Trinajstić information content (AvgIpc) is 3.27. The number of nitrogens with zero attached hydrogens (tertiary/aromatic N) is 2. The molecule has 6 nitrogen and oxygen atoms in total. The summed E-state index contributed by atoms with van der Waals surface area (Å²) in [6.45, 7) is 3.28. The number of hydrogen-bond acceptors (Lipinski definition) is 5. The fraction of sp³-hybridized carbons (Fsp3) is 0.389. The van der Waals surface area contributed by atoms with Crippen LogP contribution in [0.25, 0.3) is 0 Å². The van der Waals surface area contributed by atoms with Crippen LogP contribution in [0.4, 0.5) is 0 Å². The Hall–Kier alpha value is -1.90. The van der Waals surface area contributed by atoms with Gasteiger partial charge in [-0.25, -0.2) is 8.42 Å². The van der Waals surface area contributed by atoms with Crippen LogP contribution in [0.2, 0.25) is 0 Å². The van der Waals surface area contributed by atoms with E-state index >= 15 is 0 Å². The number of sulfonamides is 1. The first-order valence-electron chi connectivity index (χ1n) is 8.55. The van der Waals surface area contributed by atoms with E-state index in [1.165, 1.54) is 15.6 Å². The Morgan fingerprint density at radius 1 is 1.12 bits per heavy atom. The van der Waals surface area contributed by atoms with E-state index in [1.807, 2.05) is 37.3 Å². The van der Waals surface area contributed by atoms with Crippen LogP contribution in [0.5, 0.6) is 5.75 Å². The molecule has 3 heterocycles. The van der Waals surface area contributed by atoms with Gasteiger partial charge in [-0.1, -0.05) is 18.2 Å². The molecular formula is C18H20N2O4S2. The summed E-state index contributed by atoms with van der Waals surface area (Å²) in [5, 5.41) is 0. The lowest BCUT2D eigenvalue weighted by molar-refractivity contribution is -0.139. The fourth-order valence-electron chi connectivity index (χ4n) is 3.35. The zero-order valence-electron chi connectivity index (χ0n) is 14.4. The van der Waals surface area contributed by atoms with Crippen molar-refractivity contribution in [3.05, 3.63) is 46.8 Å². The second kappa shape index (κ2) is 6.68. The van der Waals surface area contributed by atoms with E-state index in [0.29, 0.717) is 36.8 Å². The maximum Gasteiger partial charge on any atom is 0.264 e. The number of hydrogen-bond donors (Lipinski definition) is 0. The number of fused-ring (bicyclic) bond motifs is 1. The van der Waals surface area contributed by atoms with Gasteiger partial charge >= 0.3 is 0 Å². The van der Waals surface area contributed by atoms with E-state index < -0.39 is 16.1 Å². The lowest BCUT2D eigenvalue weighted by Gasteiger charge is -2.34. The maximum absolute atomic E-state index is 12.7. The van der Waals surface area contributed by atoms with Gasteiger partial charge in [0.1, 0.15) is 9.96 Å². The van der Waals surface area contributed by atoms with Crippen molar-refractivity contribution in [2.75, 3.05) is 26.2 Å². The summed E-state index contributed by atoms with van der Waals surface area (Å²) in [7, 11) is -3.47. The van der Waals surface area contributed by atoms with E-state index in [1.54, 1.807) is 11.0 Å². The average molecular weight is 393 g/mol. The Kier molecular flexibility index (Phi) is 4.50. The normalized spacial score (nSPS) is 20.7. The molecule has 26 heavy (non-hydrogen) atoms. The minimum atomic E-state index is -3.47. The number of rotatable bonds is 3. The summed E-state index contributed by atoms with van der Waals surface area (Å²) in [6, 6.07) is 11.1. The summed E-state index contributed by atoms with van der Waals surface area (Å²) in [5.74, 6) is 0.699. The van der Waals surface area contributed by atoms with Gasteiger partial charge in [-0.3, -0.25) is 4.79 Å². The molecule has 0 aliphatic carbocycles. The predicted molar refractivity (Wildman–Crippen MR) is 99.0 cm³/mol. The minimum Gasteiger partial charge on any atom is -0.480 e. The summed E-state index contributed by atoms with van der Waals surface area (Å²) >= 11 is 1.28. The topological polar surface area (TPSA) is 66.9 Å². The zero-order valence-corrected chi connectivity index (χ0v) is 16.1. The van der Waals surface area contributed by atoms with Crippen LogP contribution < -0.4 is 4.74 Å². The molecule has 2 aliphatic rings. The van der Waals surface area contributed by atoms with Gasteiger partial charge in [0.2, 0.25) is 0 Å². The molecule has 1 aromatic carbocycles. The van der Waals surface area contributed by atoms with Crippen molar-refractivity contribution in [2.24, 2.45) is 0 Å². The number of benzene rings is 1. The van der Waals surface area contributed by atoms with Gasteiger partial charge < -0.3 is 9.64 Å². The third kappa shape index (κ3) is 3.13. The first-order chi connectivity index (χ1) is 12.4. The van der Waals surface area contributed by atoms with Gasteiger partial charge in [0.15, 0.2) is 6.10 Å². The highest BCUT2D eigenvalue weighted by Gasteiger charge is 2.36. The molecule has 1 unspecified atom stereocenters. The number of amides is 1. The number of para-hydroxylation sites is 1. The van der Waals surface area contributed by atoms with E-state index in [0.717, 1.165) is 16.2 Å². The Morgan fingerprint density at radius 3 is 2.50 bits per heavy atom. The van der Waals surface area contributed by atoms with Crippen LogP contribution in [0.15, 0.2) is 40.6 Å². The minimum absolute atomic E-state index is 0.0646. The standard InChI is InChI=1S/C18H20N2O4S2/c1-13-6-7-17(25-13)26(22,23)20-10-8-19(9-11-20)18(21)16-12-14-4-2-3-5-15(14)24-16/h2-7,16H,8-12H2,1H3. The second-order valence-corrected chi connectivity index (χ2v) is 9.97. The van der Waals surface area contributed by atoms with Gasteiger partial charge in [-0.2, -0.15) is 4.31 Å². The van der Waals surface area contributed by atoms with Crippen molar-refractivity contribution in [1.29, 1.82) is 0 Å². The van der Waals surface area contributed by atoms with Gasteiger partial charge in [-0.15, -0.1) is 11.3 Å². The quantitative estimate of drug-likeness (QED) is 0.800. The highest BCUT2D eigenvalue weighted by molar-refractivity contribution is 7.91. The van der Waals surface area contributed by atoms with Crippen molar-refractivity contribution in [3.8, 4) is 5.75 Å². The van der Waals surface area contributed by atoms with E-state index in [2.05, 4.69) is 0 Å². The summed E-state index contributed by atoms with van der Waals surface area (Å²) < 4.78 is 33.0. The van der Waals surface area contributed by atoms with E-state index in [-0.39, 0.29) is 5.91 Å². The Balaban J connectivity index is 1.39. The molecule has 2 aromatic rings. The lowest BCUT2D eigenvalue weighted by atomic mass is 10.1. The molecule has 0 radical (unpaired) electrons.